The highest BCUT2D eigenvalue weighted by Gasteiger charge is 2.48. The van der Waals surface area contributed by atoms with Gasteiger partial charge in [-0.15, -0.1) is 0 Å². The summed E-state index contributed by atoms with van der Waals surface area (Å²) in [6.45, 7) is 5.50. The van der Waals surface area contributed by atoms with Crippen LogP contribution in [0.3, 0.4) is 0 Å². The van der Waals surface area contributed by atoms with Crippen LogP contribution in [0.25, 0.3) is 0 Å². The summed E-state index contributed by atoms with van der Waals surface area (Å²) in [6.07, 6.45) is 2.21. The number of nitrogens with zero attached hydrogens (tertiary/aromatic N) is 2. The summed E-state index contributed by atoms with van der Waals surface area (Å²) >= 11 is 0. The molecule has 0 aliphatic carbocycles. The van der Waals surface area contributed by atoms with Crippen molar-refractivity contribution >= 4 is 11.8 Å². The molecular formula is C18H26N2O4. The monoisotopic (exact) mass is 334 g/mol. The van der Waals surface area contributed by atoms with Gasteiger partial charge >= 0.3 is 0 Å². The molecule has 6 heteroatoms. The van der Waals surface area contributed by atoms with E-state index in [2.05, 4.69) is 0 Å². The highest BCUT2D eigenvalue weighted by Crippen LogP contribution is 2.41. The first-order valence-electron chi connectivity index (χ1n) is 8.51. The van der Waals surface area contributed by atoms with Crippen LogP contribution in [0.4, 0.5) is 0 Å². The van der Waals surface area contributed by atoms with Crippen LogP contribution in [0.1, 0.15) is 41.1 Å². The number of furan rings is 1. The number of rotatable bonds is 2. The van der Waals surface area contributed by atoms with Gasteiger partial charge in [-0.2, -0.15) is 0 Å². The molecule has 0 aromatic carbocycles. The fourth-order valence-electron chi connectivity index (χ4n) is 4.11. The number of carbonyl (C=O) groups is 2. The van der Waals surface area contributed by atoms with Gasteiger partial charge < -0.3 is 19.0 Å². The molecular weight excluding hydrogens is 308 g/mol. The lowest BCUT2D eigenvalue weighted by Gasteiger charge is -2.47. The van der Waals surface area contributed by atoms with Gasteiger partial charge in [0, 0.05) is 33.8 Å². The van der Waals surface area contributed by atoms with Gasteiger partial charge in [0.05, 0.1) is 17.1 Å². The molecule has 1 unspecified atom stereocenters. The lowest BCUT2D eigenvalue weighted by atomic mass is 9.71. The number of aryl methyl sites for hydroxylation is 2. The zero-order chi connectivity index (χ0) is 17.5. The van der Waals surface area contributed by atoms with Crippen LogP contribution in [-0.2, 0) is 9.53 Å². The molecule has 3 rings (SSSR count). The predicted octanol–water partition coefficient (Wildman–Crippen LogP) is 2.00. The van der Waals surface area contributed by atoms with Crippen molar-refractivity contribution in [3.8, 4) is 0 Å². The Bertz CT molecular complexity index is 643. The van der Waals surface area contributed by atoms with E-state index in [4.69, 9.17) is 9.15 Å². The standard InChI is InChI=1S/C18H26N2O4/c1-12-9-15(13(2)24-12)16(21)20-7-5-18(6-8-20)10-14(23-4)11-19(3)17(18)22/h9,14H,5-8,10-11H2,1-4H3. The minimum atomic E-state index is -0.383. The van der Waals surface area contributed by atoms with E-state index in [1.54, 1.807) is 18.1 Å². The molecule has 6 nitrogen and oxygen atoms in total. The molecule has 2 fully saturated rings. The lowest BCUT2D eigenvalue weighted by molar-refractivity contribution is -0.155. The van der Waals surface area contributed by atoms with Crippen molar-refractivity contribution in [1.82, 2.24) is 9.80 Å². The number of ether oxygens (including phenoxy) is 1. The zero-order valence-electron chi connectivity index (χ0n) is 14.9. The Hall–Kier alpha value is -1.82. The Labute approximate surface area is 142 Å². The smallest absolute Gasteiger partial charge is 0.257 e. The van der Waals surface area contributed by atoms with Gasteiger partial charge in [0.1, 0.15) is 11.5 Å². The SMILES string of the molecule is COC1CN(C)C(=O)C2(CCN(C(=O)c3cc(C)oc3C)CC2)C1. The van der Waals surface area contributed by atoms with Crippen molar-refractivity contribution in [3.63, 3.8) is 0 Å². The number of likely N-dealkylation sites (N-methyl/N-ethyl adjacent to an activating group) is 1. The second kappa shape index (κ2) is 6.24. The second-order valence-electron chi connectivity index (χ2n) is 7.15. The third kappa shape index (κ3) is 2.83. The fourth-order valence-corrected chi connectivity index (χ4v) is 4.11. The topological polar surface area (TPSA) is 63.0 Å². The van der Waals surface area contributed by atoms with Crippen LogP contribution in [0.15, 0.2) is 10.5 Å². The average Bonchev–Trinajstić information content (AvgIpc) is 2.90. The normalized spacial score (nSPS) is 23.8. The van der Waals surface area contributed by atoms with Crippen molar-refractivity contribution in [2.45, 2.75) is 39.2 Å². The number of hydrogen-bond donors (Lipinski definition) is 0. The number of piperidine rings is 2. The van der Waals surface area contributed by atoms with E-state index in [9.17, 15) is 9.59 Å². The molecule has 1 aromatic heterocycles. The van der Waals surface area contributed by atoms with Gasteiger partial charge in [0.2, 0.25) is 5.91 Å². The van der Waals surface area contributed by atoms with E-state index in [1.807, 2.05) is 25.8 Å². The Morgan fingerprint density at radius 2 is 2.00 bits per heavy atom. The number of hydrogen-bond acceptors (Lipinski definition) is 4. The minimum absolute atomic E-state index is 0.000829. The summed E-state index contributed by atoms with van der Waals surface area (Å²) in [5.74, 6) is 1.60. The number of likely N-dealkylation sites (tertiary alicyclic amines) is 2. The first-order chi connectivity index (χ1) is 11.4. The van der Waals surface area contributed by atoms with E-state index in [0.29, 0.717) is 43.8 Å². The number of amides is 2. The highest BCUT2D eigenvalue weighted by atomic mass is 16.5. The Morgan fingerprint density at radius 3 is 2.54 bits per heavy atom. The first-order valence-corrected chi connectivity index (χ1v) is 8.51. The van der Waals surface area contributed by atoms with Crippen molar-refractivity contribution in [2.24, 2.45) is 5.41 Å². The Balaban J connectivity index is 1.72. The molecule has 1 spiro atoms. The maximum Gasteiger partial charge on any atom is 0.257 e. The molecule has 3 heterocycles. The molecule has 0 bridgehead atoms. The largest absolute Gasteiger partial charge is 0.466 e. The summed E-state index contributed by atoms with van der Waals surface area (Å²) in [5.41, 5.74) is 0.247. The predicted molar refractivity (Wildman–Crippen MR) is 88.8 cm³/mol. The van der Waals surface area contributed by atoms with Crippen LogP contribution in [0, 0.1) is 19.3 Å². The Morgan fingerprint density at radius 1 is 1.33 bits per heavy atom. The van der Waals surface area contributed by atoms with Gasteiger partial charge in [0.25, 0.3) is 5.91 Å². The van der Waals surface area contributed by atoms with Crippen molar-refractivity contribution in [3.05, 3.63) is 23.2 Å². The third-order valence-electron chi connectivity index (χ3n) is 5.51. The quantitative estimate of drug-likeness (QED) is 0.830. The van der Waals surface area contributed by atoms with Gasteiger partial charge in [-0.05, 0) is 39.2 Å². The molecule has 132 valence electrons. The van der Waals surface area contributed by atoms with Crippen LogP contribution in [0.5, 0.6) is 0 Å². The van der Waals surface area contributed by atoms with Crippen LogP contribution in [-0.4, -0.2) is 61.5 Å². The zero-order valence-corrected chi connectivity index (χ0v) is 14.9. The van der Waals surface area contributed by atoms with Crippen molar-refractivity contribution in [1.29, 1.82) is 0 Å². The average molecular weight is 334 g/mol. The van der Waals surface area contributed by atoms with E-state index >= 15 is 0 Å². The summed E-state index contributed by atoms with van der Waals surface area (Å²) in [7, 11) is 3.54. The van der Waals surface area contributed by atoms with Crippen molar-refractivity contribution < 1.29 is 18.7 Å². The summed E-state index contributed by atoms with van der Waals surface area (Å²) in [4.78, 5) is 29.1. The van der Waals surface area contributed by atoms with E-state index in [0.717, 1.165) is 12.2 Å². The molecule has 0 N–H and O–H groups in total. The summed E-state index contributed by atoms with van der Waals surface area (Å²) in [6, 6.07) is 1.79. The molecule has 1 atom stereocenters. The van der Waals surface area contributed by atoms with Crippen LogP contribution < -0.4 is 0 Å². The molecule has 2 aliphatic heterocycles. The molecule has 2 saturated heterocycles. The molecule has 0 saturated carbocycles. The van der Waals surface area contributed by atoms with E-state index < -0.39 is 0 Å². The van der Waals surface area contributed by atoms with Crippen LogP contribution in [0.2, 0.25) is 0 Å². The minimum Gasteiger partial charge on any atom is -0.466 e. The third-order valence-corrected chi connectivity index (χ3v) is 5.51. The van der Waals surface area contributed by atoms with Gasteiger partial charge in [-0.1, -0.05) is 0 Å². The Kier molecular flexibility index (Phi) is 4.42. The second-order valence-corrected chi connectivity index (χ2v) is 7.15. The van der Waals surface area contributed by atoms with E-state index in [-0.39, 0.29) is 23.3 Å². The summed E-state index contributed by atoms with van der Waals surface area (Å²) in [5, 5.41) is 0. The number of methoxy groups -OCH3 is 1. The van der Waals surface area contributed by atoms with Crippen molar-refractivity contribution in [2.75, 3.05) is 33.8 Å². The van der Waals surface area contributed by atoms with Crippen LogP contribution >= 0.6 is 0 Å². The maximum atomic E-state index is 12.7. The molecule has 0 radical (unpaired) electrons. The molecule has 2 amide bonds. The highest BCUT2D eigenvalue weighted by molar-refractivity contribution is 5.95. The van der Waals surface area contributed by atoms with Gasteiger partial charge in [-0.3, -0.25) is 9.59 Å². The van der Waals surface area contributed by atoms with E-state index in [1.165, 1.54) is 0 Å². The molecule has 2 aliphatic rings. The van der Waals surface area contributed by atoms with Gasteiger partial charge in [-0.25, -0.2) is 0 Å². The summed E-state index contributed by atoms with van der Waals surface area (Å²) < 4.78 is 11.0. The molecule has 1 aromatic rings. The maximum absolute atomic E-state index is 12.7. The lowest BCUT2D eigenvalue weighted by Crippen LogP contribution is -2.57. The molecule has 24 heavy (non-hydrogen) atoms. The first kappa shape index (κ1) is 17.0. The fraction of sp³-hybridized carbons (Fsp3) is 0.667. The van der Waals surface area contributed by atoms with Gasteiger partial charge in [0.15, 0.2) is 0 Å². The number of carbonyl (C=O) groups excluding carboxylic acids is 2.